The van der Waals surface area contributed by atoms with E-state index in [9.17, 15) is 9.59 Å². The zero-order valence-corrected chi connectivity index (χ0v) is 18.3. The molecule has 9 nitrogen and oxygen atoms in total. The summed E-state index contributed by atoms with van der Waals surface area (Å²) in [7, 11) is 1.61. The second-order valence-electron chi connectivity index (χ2n) is 7.53. The number of aromatic nitrogens is 1. The highest BCUT2D eigenvalue weighted by Gasteiger charge is 2.52. The van der Waals surface area contributed by atoms with Crippen LogP contribution in [0.2, 0.25) is 5.02 Å². The summed E-state index contributed by atoms with van der Waals surface area (Å²) in [5.41, 5.74) is 5.84. The Kier molecular flexibility index (Phi) is 7.02. The fraction of sp³-hybridized carbons (Fsp3) is 0.286. The third-order valence-corrected chi connectivity index (χ3v) is 5.60. The van der Waals surface area contributed by atoms with Crippen molar-refractivity contribution < 1.29 is 19.5 Å². The van der Waals surface area contributed by atoms with Crippen LogP contribution in [-0.2, 0) is 15.1 Å². The number of halogens is 1. The van der Waals surface area contributed by atoms with Crippen LogP contribution in [0.15, 0.2) is 47.6 Å². The van der Waals surface area contributed by atoms with E-state index in [4.69, 9.17) is 27.2 Å². The fourth-order valence-corrected chi connectivity index (χ4v) is 3.32. The Balaban J connectivity index is 0.00000107. The van der Waals surface area contributed by atoms with Gasteiger partial charge >= 0.3 is 0 Å². The van der Waals surface area contributed by atoms with Crippen LogP contribution in [0, 0.1) is 5.41 Å². The Morgan fingerprint density at radius 3 is 2.48 bits per heavy atom. The van der Waals surface area contributed by atoms with E-state index in [1.807, 2.05) is 26.8 Å². The first-order chi connectivity index (χ1) is 14.5. The third kappa shape index (κ3) is 4.66. The fourth-order valence-electron chi connectivity index (χ4n) is 3.21. The van der Waals surface area contributed by atoms with Gasteiger partial charge in [-0.05, 0) is 50.6 Å². The van der Waals surface area contributed by atoms with Crippen LogP contribution in [0.3, 0.4) is 0 Å². The summed E-state index contributed by atoms with van der Waals surface area (Å²) in [5.74, 6) is -0.324. The summed E-state index contributed by atoms with van der Waals surface area (Å²) in [6, 6.07) is 10.4. The highest BCUT2D eigenvalue weighted by molar-refractivity contribution is 6.30. The van der Waals surface area contributed by atoms with Gasteiger partial charge in [0.05, 0.1) is 10.4 Å². The van der Waals surface area contributed by atoms with Crippen molar-refractivity contribution in [3.05, 3.63) is 58.9 Å². The number of nitrogens with two attached hydrogens (primary N) is 1. The van der Waals surface area contributed by atoms with Crippen LogP contribution in [0.4, 0.5) is 5.69 Å². The zero-order valence-electron chi connectivity index (χ0n) is 17.6. The van der Waals surface area contributed by atoms with Gasteiger partial charge in [0.15, 0.2) is 5.96 Å². The first-order valence-corrected chi connectivity index (χ1v) is 9.60. The van der Waals surface area contributed by atoms with E-state index in [1.165, 1.54) is 11.1 Å². The van der Waals surface area contributed by atoms with Gasteiger partial charge in [-0.2, -0.15) is 0 Å². The van der Waals surface area contributed by atoms with Crippen molar-refractivity contribution in [2.75, 3.05) is 12.4 Å². The number of pyridine rings is 1. The summed E-state index contributed by atoms with van der Waals surface area (Å²) in [5, 5.41) is 10.2. The minimum atomic E-state index is -0.889. The Hall–Kier alpha value is -3.46. The lowest BCUT2D eigenvalue weighted by Crippen LogP contribution is -2.58. The average molecular weight is 446 g/mol. The molecule has 164 valence electrons. The number of nitrogens with one attached hydrogen (secondary N) is 1. The van der Waals surface area contributed by atoms with Crippen molar-refractivity contribution >= 4 is 41.5 Å². The summed E-state index contributed by atoms with van der Waals surface area (Å²) in [6.45, 7) is 5.29. The molecule has 0 spiro atoms. The molecular weight excluding hydrogens is 422 g/mol. The molecule has 10 heteroatoms. The molecule has 1 aliphatic rings. The van der Waals surface area contributed by atoms with Crippen molar-refractivity contribution in [3.8, 4) is 0 Å². The van der Waals surface area contributed by atoms with Crippen LogP contribution < -0.4 is 11.1 Å². The number of nitrogens with zero attached hydrogens (tertiary/aromatic N) is 3. The Morgan fingerprint density at radius 2 is 1.90 bits per heavy atom. The molecule has 2 heterocycles. The number of anilines is 1. The molecule has 1 aromatic carbocycles. The van der Waals surface area contributed by atoms with Crippen LogP contribution in [0.1, 0.15) is 36.8 Å². The van der Waals surface area contributed by atoms with E-state index >= 15 is 0 Å². The highest BCUT2D eigenvalue weighted by Crippen LogP contribution is 2.46. The molecule has 2 amide bonds. The summed E-state index contributed by atoms with van der Waals surface area (Å²) >= 11 is 5.81. The molecule has 1 aliphatic heterocycles. The molecule has 0 bridgehead atoms. The number of rotatable bonds is 3. The monoisotopic (exact) mass is 445 g/mol. The van der Waals surface area contributed by atoms with Gasteiger partial charge in [-0.1, -0.05) is 23.7 Å². The van der Waals surface area contributed by atoms with E-state index in [1.54, 1.807) is 37.4 Å². The van der Waals surface area contributed by atoms with Gasteiger partial charge in [-0.15, -0.1) is 0 Å². The van der Waals surface area contributed by atoms with Crippen molar-refractivity contribution in [2.24, 2.45) is 16.1 Å². The van der Waals surface area contributed by atoms with Crippen molar-refractivity contribution in [2.45, 2.75) is 26.3 Å². The second-order valence-corrected chi connectivity index (χ2v) is 7.97. The van der Waals surface area contributed by atoms with Crippen LogP contribution in [0.25, 0.3) is 0 Å². The van der Waals surface area contributed by atoms with E-state index in [0.29, 0.717) is 10.7 Å². The quantitative estimate of drug-likeness (QED) is 0.621. The topological polar surface area (TPSA) is 138 Å². The number of carbonyl (C=O) groups excluding carboxylic acids is 2. The number of hydrogen-bond donors (Lipinski definition) is 3. The molecule has 2 aromatic rings. The van der Waals surface area contributed by atoms with Crippen molar-refractivity contribution in [1.29, 1.82) is 0 Å². The van der Waals surface area contributed by atoms with Crippen molar-refractivity contribution in [3.63, 3.8) is 0 Å². The second kappa shape index (κ2) is 9.13. The molecule has 1 aromatic heterocycles. The normalized spacial score (nSPS) is 19.6. The first kappa shape index (κ1) is 23.8. The maximum Gasteiger partial charge on any atom is 0.290 e. The molecular formula is C21H24ClN5O4. The predicted octanol–water partition coefficient (Wildman–Crippen LogP) is 2.72. The highest BCUT2D eigenvalue weighted by atomic mass is 35.5. The van der Waals surface area contributed by atoms with Gasteiger partial charge in [-0.3, -0.25) is 19.3 Å². The number of carboxylic acid groups (broad SMARTS) is 1. The van der Waals surface area contributed by atoms with Crippen molar-refractivity contribution in [1.82, 2.24) is 9.88 Å². The first-order valence-electron chi connectivity index (χ1n) is 9.22. The molecule has 0 saturated heterocycles. The smallest absolute Gasteiger partial charge is 0.290 e. The molecule has 0 aliphatic carbocycles. The van der Waals surface area contributed by atoms with Gasteiger partial charge in [0.25, 0.3) is 12.4 Å². The molecule has 0 radical (unpaired) electrons. The molecule has 0 saturated carbocycles. The zero-order chi connectivity index (χ0) is 23.4. The van der Waals surface area contributed by atoms with E-state index in [2.05, 4.69) is 15.3 Å². The van der Waals surface area contributed by atoms with E-state index < -0.39 is 11.0 Å². The molecule has 4 N–H and O–H groups in total. The molecule has 31 heavy (non-hydrogen) atoms. The molecule has 0 unspecified atom stereocenters. The summed E-state index contributed by atoms with van der Waals surface area (Å²) in [6.07, 6.45) is 1.41. The largest absolute Gasteiger partial charge is 0.483 e. The number of amides is 2. The minimum Gasteiger partial charge on any atom is -0.483 e. The molecule has 3 rings (SSSR count). The van der Waals surface area contributed by atoms with Gasteiger partial charge in [0, 0.05) is 18.9 Å². The number of hydrogen-bond acceptors (Lipinski definition) is 6. The van der Waals surface area contributed by atoms with Gasteiger partial charge in [0.1, 0.15) is 11.2 Å². The van der Waals surface area contributed by atoms with Crippen LogP contribution in [-0.4, -0.2) is 46.3 Å². The lowest BCUT2D eigenvalue weighted by Gasteiger charge is -2.46. The molecule has 1 atom stereocenters. The number of carbonyl (C=O) groups is 3. The minimum absolute atomic E-state index is 0.123. The van der Waals surface area contributed by atoms with Gasteiger partial charge in [-0.25, -0.2) is 9.98 Å². The maximum absolute atomic E-state index is 12.8. The summed E-state index contributed by atoms with van der Waals surface area (Å²) in [4.78, 5) is 43.6. The molecule has 0 fully saturated rings. The van der Waals surface area contributed by atoms with Gasteiger partial charge in [0.2, 0.25) is 5.91 Å². The lowest BCUT2D eigenvalue weighted by molar-refractivity contribution is -0.140. The number of benzene rings is 1. The predicted molar refractivity (Wildman–Crippen MR) is 118 cm³/mol. The Morgan fingerprint density at radius 1 is 1.26 bits per heavy atom. The summed E-state index contributed by atoms with van der Waals surface area (Å²) < 4.78 is 0. The SMILES string of the molecule is CN1C(=O)C(C)(C)[C@@](C)(c2cccc(NC(=O)c3ccc(Cl)cn3)c2)N=C1N.O=CO. The maximum atomic E-state index is 12.8. The van der Waals surface area contributed by atoms with Gasteiger partial charge < -0.3 is 16.2 Å². The Bertz CT molecular complexity index is 1020. The van der Waals surface area contributed by atoms with Crippen LogP contribution >= 0.6 is 11.6 Å². The standard InChI is InChI=1S/C20H22ClN5O2.CH2O2/c1-19(2)17(28)26(4)18(22)25-20(19,3)12-6-5-7-14(10-12)24-16(27)15-9-8-13(21)11-23-15;2-1-3/h5-11H,1-4H3,(H2,22,25)(H,24,27);1H,(H,2,3)/t20-;/m1./s1. The third-order valence-electron chi connectivity index (χ3n) is 5.38. The Labute approximate surface area is 184 Å². The van der Waals surface area contributed by atoms with E-state index in [-0.39, 0.29) is 29.9 Å². The van der Waals surface area contributed by atoms with E-state index in [0.717, 1.165) is 5.56 Å². The van der Waals surface area contributed by atoms with Crippen LogP contribution in [0.5, 0.6) is 0 Å². The number of aliphatic imine (C=N–C) groups is 1. The average Bonchev–Trinajstić information content (AvgIpc) is 2.72. The number of guanidine groups is 1. The lowest BCUT2D eigenvalue weighted by atomic mass is 9.68.